The molecule has 2 fully saturated rings. The molecular weight excluding hydrogens is 272 g/mol. The van der Waals surface area contributed by atoms with Crippen LogP contribution in [0.5, 0.6) is 5.75 Å². The van der Waals surface area contributed by atoms with Crippen LogP contribution in [0.3, 0.4) is 0 Å². The fraction of sp³-hybridized carbons (Fsp3) is 0.579. The quantitative estimate of drug-likeness (QED) is 0.720. The molecule has 1 saturated carbocycles. The molecule has 1 heterocycles. The van der Waals surface area contributed by atoms with E-state index in [-0.39, 0.29) is 0 Å². The number of hydrogen-bond acceptors (Lipinski definition) is 3. The Balaban J connectivity index is 1.57. The number of allylic oxidation sites excluding steroid dienone is 1. The van der Waals surface area contributed by atoms with Crippen molar-refractivity contribution in [2.45, 2.75) is 13.0 Å². The SMILES string of the molecule is C=CCc1cc(CN2C[C@@H]3C(CN(C)C)[C@@H]3C2)ccc1OC. The number of hydrogen-bond donors (Lipinski definition) is 0. The fourth-order valence-corrected chi connectivity index (χ4v) is 4.06. The summed E-state index contributed by atoms with van der Waals surface area (Å²) >= 11 is 0. The number of methoxy groups -OCH3 is 1. The van der Waals surface area contributed by atoms with Gasteiger partial charge in [-0.15, -0.1) is 6.58 Å². The number of benzene rings is 1. The lowest BCUT2D eigenvalue weighted by molar-refractivity contribution is 0.257. The van der Waals surface area contributed by atoms with Gasteiger partial charge < -0.3 is 9.64 Å². The summed E-state index contributed by atoms with van der Waals surface area (Å²) in [6.07, 6.45) is 2.81. The molecular formula is C19H28N2O. The molecule has 0 bridgehead atoms. The summed E-state index contributed by atoms with van der Waals surface area (Å²) in [6.45, 7) is 8.71. The minimum Gasteiger partial charge on any atom is -0.496 e. The normalized spacial score (nSPS) is 27.0. The first-order valence-corrected chi connectivity index (χ1v) is 8.26. The molecule has 1 aromatic rings. The molecule has 120 valence electrons. The maximum absolute atomic E-state index is 5.43. The molecule has 1 aromatic carbocycles. The lowest BCUT2D eigenvalue weighted by Crippen LogP contribution is -2.27. The molecule has 3 atom stereocenters. The van der Waals surface area contributed by atoms with Crippen molar-refractivity contribution >= 4 is 0 Å². The van der Waals surface area contributed by atoms with Gasteiger partial charge in [0.15, 0.2) is 0 Å². The summed E-state index contributed by atoms with van der Waals surface area (Å²) in [5.74, 6) is 3.79. The van der Waals surface area contributed by atoms with Gasteiger partial charge in [-0.2, -0.15) is 0 Å². The first kappa shape index (κ1) is 15.6. The minimum atomic E-state index is 0.868. The van der Waals surface area contributed by atoms with Crippen LogP contribution in [-0.2, 0) is 13.0 Å². The van der Waals surface area contributed by atoms with Crippen LogP contribution in [0.25, 0.3) is 0 Å². The molecule has 22 heavy (non-hydrogen) atoms. The Morgan fingerprint density at radius 2 is 2.05 bits per heavy atom. The number of nitrogens with zero attached hydrogens (tertiary/aromatic N) is 2. The molecule has 1 unspecified atom stereocenters. The van der Waals surface area contributed by atoms with E-state index >= 15 is 0 Å². The predicted octanol–water partition coefficient (Wildman–Crippen LogP) is 2.66. The van der Waals surface area contributed by atoms with E-state index < -0.39 is 0 Å². The van der Waals surface area contributed by atoms with E-state index in [2.05, 4.69) is 48.7 Å². The van der Waals surface area contributed by atoms with Gasteiger partial charge in [0.2, 0.25) is 0 Å². The molecule has 1 aliphatic heterocycles. The van der Waals surface area contributed by atoms with Crippen molar-refractivity contribution in [2.75, 3.05) is 40.8 Å². The fourth-order valence-electron chi connectivity index (χ4n) is 4.06. The van der Waals surface area contributed by atoms with Crippen LogP contribution in [0.2, 0.25) is 0 Å². The van der Waals surface area contributed by atoms with Crippen LogP contribution < -0.4 is 4.74 Å². The first-order valence-electron chi connectivity index (χ1n) is 8.26. The smallest absolute Gasteiger partial charge is 0.122 e. The van der Waals surface area contributed by atoms with E-state index in [1.807, 2.05) is 6.08 Å². The third-order valence-corrected chi connectivity index (χ3v) is 5.14. The van der Waals surface area contributed by atoms with E-state index in [0.29, 0.717) is 0 Å². The van der Waals surface area contributed by atoms with E-state index in [1.165, 1.54) is 30.8 Å². The average Bonchev–Trinajstić information content (AvgIpc) is 2.93. The summed E-state index contributed by atoms with van der Waals surface area (Å²) in [5, 5.41) is 0. The molecule has 3 nitrogen and oxygen atoms in total. The highest BCUT2D eigenvalue weighted by Gasteiger charge is 2.54. The highest BCUT2D eigenvalue weighted by molar-refractivity contribution is 5.38. The number of likely N-dealkylation sites (tertiary alicyclic amines) is 1. The van der Waals surface area contributed by atoms with E-state index in [9.17, 15) is 0 Å². The van der Waals surface area contributed by atoms with Crippen LogP contribution in [0.15, 0.2) is 30.9 Å². The zero-order valence-electron chi connectivity index (χ0n) is 14.1. The van der Waals surface area contributed by atoms with Crippen LogP contribution in [0.1, 0.15) is 11.1 Å². The monoisotopic (exact) mass is 300 g/mol. The molecule has 1 saturated heterocycles. The van der Waals surface area contributed by atoms with Gasteiger partial charge in [-0.05, 0) is 55.5 Å². The molecule has 1 aliphatic carbocycles. The van der Waals surface area contributed by atoms with Gasteiger partial charge in [-0.3, -0.25) is 4.90 Å². The van der Waals surface area contributed by atoms with Gasteiger partial charge in [-0.1, -0.05) is 18.2 Å². The van der Waals surface area contributed by atoms with Crippen molar-refractivity contribution in [3.05, 3.63) is 42.0 Å². The summed E-state index contributed by atoms with van der Waals surface area (Å²) in [4.78, 5) is 4.94. The van der Waals surface area contributed by atoms with E-state index in [1.54, 1.807) is 7.11 Å². The van der Waals surface area contributed by atoms with Gasteiger partial charge in [-0.25, -0.2) is 0 Å². The number of fused-ring (bicyclic) bond motifs is 1. The Kier molecular flexibility index (Phi) is 4.55. The Morgan fingerprint density at radius 1 is 1.32 bits per heavy atom. The molecule has 3 rings (SSSR count). The highest BCUT2D eigenvalue weighted by Crippen LogP contribution is 2.52. The minimum absolute atomic E-state index is 0.868. The molecule has 0 amide bonds. The molecule has 0 aromatic heterocycles. The zero-order valence-corrected chi connectivity index (χ0v) is 14.1. The van der Waals surface area contributed by atoms with Crippen LogP contribution in [0, 0.1) is 17.8 Å². The van der Waals surface area contributed by atoms with Crippen molar-refractivity contribution in [3.63, 3.8) is 0 Å². The third-order valence-electron chi connectivity index (χ3n) is 5.14. The van der Waals surface area contributed by atoms with Gasteiger partial charge in [0.25, 0.3) is 0 Å². The number of rotatable bonds is 7. The number of ether oxygens (including phenoxy) is 1. The maximum atomic E-state index is 5.43. The second-order valence-electron chi connectivity index (χ2n) is 7.09. The lowest BCUT2D eigenvalue weighted by atomic mass is 10.1. The molecule has 0 spiro atoms. The first-order chi connectivity index (χ1) is 10.6. The van der Waals surface area contributed by atoms with Gasteiger partial charge in [0, 0.05) is 26.2 Å². The Hall–Kier alpha value is -1.32. The van der Waals surface area contributed by atoms with Crippen LogP contribution in [-0.4, -0.2) is 50.6 Å². The number of piperidine rings is 1. The van der Waals surface area contributed by atoms with Gasteiger partial charge >= 0.3 is 0 Å². The second kappa shape index (κ2) is 6.43. The molecule has 2 aliphatic rings. The summed E-state index contributed by atoms with van der Waals surface area (Å²) < 4.78 is 5.43. The molecule has 0 radical (unpaired) electrons. The maximum Gasteiger partial charge on any atom is 0.122 e. The lowest BCUT2D eigenvalue weighted by Gasteiger charge is -2.21. The Morgan fingerprint density at radius 3 is 2.64 bits per heavy atom. The highest BCUT2D eigenvalue weighted by atomic mass is 16.5. The standard InChI is InChI=1S/C19H28N2O/c1-5-6-15-9-14(7-8-19(15)22-4)10-21-12-17-16(11-20(2)3)18(17)13-21/h5,7-9,16-18H,1,6,10-13H2,2-4H3/t16?,17-,18+. The van der Waals surface area contributed by atoms with Crippen molar-refractivity contribution in [3.8, 4) is 5.75 Å². The van der Waals surface area contributed by atoms with Gasteiger partial charge in [0.05, 0.1) is 7.11 Å². The van der Waals surface area contributed by atoms with E-state index in [0.717, 1.165) is 36.5 Å². The Bertz CT molecular complexity index is 528. The second-order valence-corrected chi connectivity index (χ2v) is 7.09. The van der Waals surface area contributed by atoms with Crippen LogP contribution in [0.4, 0.5) is 0 Å². The van der Waals surface area contributed by atoms with Gasteiger partial charge in [0.1, 0.15) is 5.75 Å². The van der Waals surface area contributed by atoms with Crippen molar-refractivity contribution in [2.24, 2.45) is 17.8 Å². The molecule has 0 N–H and O–H groups in total. The third kappa shape index (κ3) is 3.21. The Labute approximate surface area is 134 Å². The molecule has 3 heteroatoms. The van der Waals surface area contributed by atoms with Crippen molar-refractivity contribution in [1.82, 2.24) is 9.80 Å². The van der Waals surface area contributed by atoms with Crippen LogP contribution >= 0.6 is 0 Å². The average molecular weight is 300 g/mol. The zero-order chi connectivity index (χ0) is 15.7. The van der Waals surface area contributed by atoms with Crippen molar-refractivity contribution in [1.29, 1.82) is 0 Å². The predicted molar refractivity (Wildman–Crippen MR) is 91.2 cm³/mol. The van der Waals surface area contributed by atoms with Crippen molar-refractivity contribution < 1.29 is 4.74 Å². The van der Waals surface area contributed by atoms with E-state index in [4.69, 9.17) is 4.74 Å². The summed E-state index contributed by atoms with van der Waals surface area (Å²) in [7, 11) is 6.11. The summed E-state index contributed by atoms with van der Waals surface area (Å²) in [5.41, 5.74) is 2.63. The largest absolute Gasteiger partial charge is 0.496 e. The topological polar surface area (TPSA) is 15.7 Å². The summed E-state index contributed by atoms with van der Waals surface area (Å²) in [6, 6.07) is 6.58.